The van der Waals surface area contributed by atoms with Crippen LogP contribution >= 0.6 is 23.2 Å². The highest BCUT2D eigenvalue weighted by atomic mass is 35.5. The quantitative estimate of drug-likeness (QED) is 0.707. The topological polar surface area (TPSA) is 70.9 Å². The molecule has 4 N–H and O–H groups in total. The van der Waals surface area contributed by atoms with Gasteiger partial charge in [-0.05, 0) is 6.07 Å². The predicted octanol–water partition coefficient (Wildman–Crippen LogP) is 1.57. The fourth-order valence-electron chi connectivity index (χ4n) is 0.953. The van der Waals surface area contributed by atoms with Gasteiger partial charge in [-0.3, -0.25) is 4.79 Å². The van der Waals surface area contributed by atoms with Crippen molar-refractivity contribution in [1.29, 1.82) is 0 Å². The van der Waals surface area contributed by atoms with Gasteiger partial charge >= 0.3 is 0 Å². The molecule has 0 aliphatic rings. The molecular formula is C9H11Cl2N3O. The summed E-state index contributed by atoms with van der Waals surface area (Å²) in [6.07, 6.45) is 3.53. The number of carbonyl (C=O) groups excluding carboxylic acids is 1. The summed E-state index contributed by atoms with van der Waals surface area (Å²) in [5.41, 5.74) is 5.58. The highest BCUT2D eigenvalue weighted by molar-refractivity contribution is 6.41. The van der Waals surface area contributed by atoms with Crippen molar-refractivity contribution >= 4 is 29.1 Å². The fraction of sp³-hybridized carbons (Fsp3) is 0.222. The lowest BCUT2D eigenvalue weighted by atomic mass is 10.4. The molecule has 0 saturated heterocycles. The first kappa shape index (κ1) is 12.1. The standard InChI is InChI=1S/C9H11Cl2N3O/c10-6-5-7(14-8(6)11)9(15)13-4-2-1-3-12/h1-2,5,14H,3-4,12H2,(H,13,15)/b2-1+. The molecule has 0 bridgehead atoms. The molecule has 0 spiro atoms. The first-order valence-electron chi connectivity index (χ1n) is 4.32. The summed E-state index contributed by atoms with van der Waals surface area (Å²) >= 11 is 11.3. The second kappa shape index (κ2) is 5.80. The summed E-state index contributed by atoms with van der Waals surface area (Å²) < 4.78 is 0. The minimum Gasteiger partial charge on any atom is -0.347 e. The molecule has 1 rings (SSSR count). The van der Waals surface area contributed by atoms with Gasteiger partial charge in [-0.15, -0.1) is 0 Å². The molecule has 0 aromatic carbocycles. The summed E-state index contributed by atoms with van der Waals surface area (Å²) in [4.78, 5) is 14.1. The van der Waals surface area contributed by atoms with Crippen LogP contribution in [-0.4, -0.2) is 24.0 Å². The molecule has 0 atom stereocenters. The molecule has 0 aliphatic carbocycles. The van der Waals surface area contributed by atoms with Crippen molar-refractivity contribution in [3.63, 3.8) is 0 Å². The number of carbonyl (C=O) groups is 1. The highest BCUT2D eigenvalue weighted by Crippen LogP contribution is 2.21. The first-order valence-corrected chi connectivity index (χ1v) is 5.08. The Hall–Kier alpha value is -0.970. The summed E-state index contributed by atoms with van der Waals surface area (Å²) in [7, 11) is 0. The summed E-state index contributed by atoms with van der Waals surface area (Å²) in [5, 5.41) is 3.24. The van der Waals surface area contributed by atoms with Crippen LogP contribution in [0.5, 0.6) is 0 Å². The second-order valence-corrected chi connectivity index (χ2v) is 3.55. The van der Waals surface area contributed by atoms with E-state index in [1.807, 2.05) is 0 Å². The number of aromatic amines is 1. The van der Waals surface area contributed by atoms with Crippen LogP contribution in [0.1, 0.15) is 10.5 Å². The number of hydrogen-bond donors (Lipinski definition) is 3. The van der Waals surface area contributed by atoms with Crippen molar-refractivity contribution in [3.05, 3.63) is 34.1 Å². The number of hydrogen-bond acceptors (Lipinski definition) is 2. The fourth-order valence-corrected chi connectivity index (χ4v) is 1.27. The van der Waals surface area contributed by atoms with E-state index in [9.17, 15) is 4.79 Å². The van der Waals surface area contributed by atoms with E-state index in [4.69, 9.17) is 28.9 Å². The van der Waals surface area contributed by atoms with E-state index >= 15 is 0 Å². The van der Waals surface area contributed by atoms with Gasteiger partial charge in [0.25, 0.3) is 5.91 Å². The molecule has 1 heterocycles. The third-order valence-electron chi connectivity index (χ3n) is 1.65. The molecule has 1 amide bonds. The monoisotopic (exact) mass is 247 g/mol. The Kier molecular flexibility index (Phi) is 4.68. The number of aromatic nitrogens is 1. The van der Waals surface area contributed by atoms with Crippen LogP contribution < -0.4 is 11.1 Å². The lowest BCUT2D eigenvalue weighted by Crippen LogP contribution is -2.23. The van der Waals surface area contributed by atoms with E-state index in [0.29, 0.717) is 23.8 Å². The van der Waals surface area contributed by atoms with Crippen LogP contribution in [0.2, 0.25) is 10.2 Å². The summed E-state index contributed by atoms with van der Waals surface area (Å²) in [6, 6.07) is 1.48. The van der Waals surface area contributed by atoms with Crippen molar-refractivity contribution in [2.75, 3.05) is 13.1 Å². The number of H-pyrrole nitrogens is 1. The van der Waals surface area contributed by atoms with Gasteiger partial charge in [-0.1, -0.05) is 35.4 Å². The van der Waals surface area contributed by atoms with E-state index in [0.717, 1.165) is 0 Å². The average molecular weight is 248 g/mol. The lowest BCUT2D eigenvalue weighted by molar-refractivity contribution is 0.0953. The number of nitrogens with two attached hydrogens (primary N) is 1. The molecule has 0 fully saturated rings. The molecule has 0 aliphatic heterocycles. The maximum Gasteiger partial charge on any atom is 0.268 e. The Morgan fingerprint density at radius 2 is 2.27 bits per heavy atom. The number of rotatable bonds is 4. The Labute approximate surface area is 97.4 Å². The lowest BCUT2D eigenvalue weighted by Gasteiger charge is -1.98. The van der Waals surface area contributed by atoms with Crippen LogP contribution in [0.3, 0.4) is 0 Å². The van der Waals surface area contributed by atoms with Crippen molar-refractivity contribution in [3.8, 4) is 0 Å². The van der Waals surface area contributed by atoms with Crippen LogP contribution in [-0.2, 0) is 0 Å². The Morgan fingerprint density at radius 1 is 1.53 bits per heavy atom. The van der Waals surface area contributed by atoms with Gasteiger partial charge in [-0.2, -0.15) is 0 Å². The van der Waals surface area contributed by atoms with E-state index in [1.54, 1.807) is 12.2 Å². The second-order valence-electron chi connectivity index (χ2n) is 2.76. The molecule has 15 heavy (non-hydrogen) atoms. The van der Waals surface area contributed by atoms with Gasteiger partial charge < -0.3 is 16.0 Å². The van der Waals surface area contributed by atoms with Crippen LogP contribution in [0.25, 0.3) is 0 Å². The minimum absolute atomic E-state index is 0.259. The van der Waals surface area contributed by atoms with Gasteiger partial charge in [0, 0.05) is 13.1 Å². The predicted molar refractivity (Wildman–Crippen MR) is 61.3 cm³/mol. The third kappa shape index (κ3) is 3.58. The highest BCUT2D eigenvalue weighted by Gasteiger charge is 2.09. The molecule has 4 nitrogen and oxygen atoms in total. The van der Waals surface area contributed by atoms with Crippen molar-refractivity contribution in [2.24, 2.45) is 5.73 Å². The largest absolute Gasteiger partial charge is 0.347 e. The zero-order valence-electron chi connectivity index (χ0n) is 7.89. The molecule has 0 saturated carbocycles. The number of nitrogens with one attached hydrogen (secondary N) is 2. The normalized spacial score (nSPS) is 10.9. The Balaban J connectivity index is 2.50. The van der Waals surface area contributed by atoms with Crippen LogP contribution in [0.15, 0.2) is 18.2 Å². The van der Waals surface area contributed by atoms with Gasteiger partial charge in [0.2, 0.25) is 0 Å². The van der Waals surface area contributed by atoms with E-state index in [1.165, 1.54) is 6.07 Å². The molecule has 0 radical (unpaired) electrons. The minimum atomic E-state index is -0.259. The number of amides is 1. The van der Waals surface area contributed by atoms with Crippen LogP contribution in [0, 0.1) is 0 Å². The van der Waals surface area contributed by atoms with Gasteiger partial charge in [0.15, 0.2) is 0 Å². The van der Waals surface area contributed by atoms with E-state index in [2.05, 4.69) is 10.3 Å². The molecule has 1 aromatic rings. The molecule has 1 aromatic heterocycles. The summed E-state index contributed by atoms with van der Waals surface area (Å²) in [6.45, 7) is 0.875. The van der Waals surface area contributed by atoms with E-state index in [-0.39, 0.29) is 11.1 Å². The molecular weight excluding hydrogens is 237 g/mol. The Morgan fingerprint density at radius 3 is 2.80 bits per heavy atom. The molecule has 0 unspecified atom stereocenters. The maximum atomic E-state index is 11.4. The zero-order chi connectivity index (χ0) is 11.3. The maximum absolute atomic E-state index is 11.4. The zero-order valence-corrected chi connectivity index (χ0v) is 9.40. The molecule has 82 valence electrons. The van der Waals surface area contributed by atoms with Gasteiger partial charge in [0.1, 0.15) is 10.8 Å². The smallest absolute Gasteiger partial charge is 0.268 e. The van der Waals surface area contributed by atoms with Crippen molar-refractivity contribution in [2.45, 2.75) is 0 Å². The van der Waals surface area contributed by atoms with Crippen LogP contribution in [0.4, 0.5) is 0 Å². The SMILES string of the molecule is NC/C=C/CNC(=O)c1cc(Cl)c(Cl)[nH]1. The first-order chi connectivity index (χ1) is 7.15. The average Bonchev–Trinajstić information content (AvgIpc) is 2.54. The number of halogens is 2. The molecule has 6 heteroatoms. The Bertz CT molecular complexity index is 354. The third-order valence-corrected chi connectivity index (χ3v) is 2.35. The van der Waals surface area contributed by atoms with Gasteiger partial charge in [-0.25, -0.2) is 0 Å². The van der Waals surface area contributed by atoms with E-state index < -0.39 is 0 Å². The summed E-state index contributed by atoms with van der Waals surface area (Å²) in [5.74, 6) is -0.259. The van der Waals surface area contributed by atoms with Crippen molar-refractivity contribution in [1.82, 2.24) is 10.3 Å². The van der Waals surface area contributed by atoms with Crippen molar-refractivity contribution < 1.29 is 4.79 Å². The van der Waals surface area contributed by atoms with Gasteiger partial charge in [0.05, 0.1) is 5.02 Å².